The second-order valence-corrected chi connectivity index (χ2v) is 10.6. The van der Waals surface area contributed by atoms with E-state index in [-0.39, 0.29) is 17.7 Å². The van der Waals surface area contributed by atoms with Gasteiger partial charge in [0.1, 0.15) is 5.75 Å². The average Bonchev–Trinajstić information content (AvgIpc) is 3.45. The molecule has 2 aromatic carbocycles. The van der Waals surface area contributed by atoms with Crippen molar-refractivity contribution in [3.8, 4) is 5.75 Å². The fourth-order valence-electron chi connectivity index (χ4n) is 3.94. The molecule has 0 N–H and O–H groups in total. The molecule has 5 nitrogen and oxygen atoms in total. The fourth-order valence-corrected chi connectivity index (χ4v) is 4.81. The highest BCUT2D eigenvalue weighted by Gasteiger charge is 2.24. The Morgan fingerprint density at radius 1 is 1.06 bits per heavy atom. The van der Waals surface area contributed by atoms with E-state index in [2.05, 4.69) is 16.4 Å². The van der Waals surface area contributed by atoms with Crippen molar-refractivity contribution in [2.75, 3.05) is 0 Å². The summed E-state index contributed by atoms with van der Waals surface area (Å²) >= 11 is 1.68. The van der Waals surface area contributed by atoms with E-state index in [0.717, 1.165) is 29.4 Å². The molecule has 0 unspecified atom stereocenters. The number of ether oxygens (including phenoxy) is 1. The number of Topliss-reactive ketones (excluding diaryl/α,β-unsaturated/α-hetero) is 1. The number of aromatic nitrogens is 2. The van der Waals surface area contributed by atoms with Gasteiger partial charge < -0.3 is 9.30 Å². The Hall–Kier alpha value is -3.25. The fraction of sp³-hybridized carbons (Fsp3) is 0.321. The van der Waals surface area contributed by atoms with Crippen LogP contribution in [0.25, 0.3) is 11.0 Å². The van der Waals surface area contributed by atoms with Gasteiger partial charge in [0.2, 0.25) is 0 Å². The number of esters is 1. The molecule has 0 saturated carbocycles. The maximum Gasteiger partial charge on any atom is 0.316 e. The lowest BCUT2D eigenvalue weighted by atomic mass is 9.93. The van der Waals surface area contributed by atoms with Crippen molar-refractivity contribution in [3.63, 3.8) is 0 Å². The molecule has 0 spiro atoms. The summed E-state index contributed by atoms with van der Waals surface area (Å²) in [5, 5.41) is 2.05. The monoisotopic (exact) mass is 474 g/mol. The zero-order valence-electron chi connectivity index (χ0n) is 20.1. The van der Waals surface area contributed by atoms with Crippen LogP contribution in [0.4, 0.5) is 0 Å². The van der Waals surface area contributed by atoms with Crippen LogP contribution in [0, 0.1) is 5.41 Å². The number of thiophene rings is 1. The lowest BCUT2D eigenvalue weighted by Gasteiger charge is -2.17. The molecule has 1 atom stereocenters. The average molecular weight is 475 g/mol. The number of carbonyl (C=O) groups excluding carboxylic acids is 2. The number of benzene rings is 2. The number of hydrogen-bond donors (Lipinski definition) is 0. The van der Waals surface area contributed by atoms with E-state index in [1.807, 2.05) is 80.9 Å². The van der Waals surface area contributed by atoms with Crippen molar-refractivity contribution in [3.05, 3.63) is 82.3 Å². The van der Waals surface area contributed by atoms with E-state index >= 15 is 0 Å². The molecular formula is C28H30N2O3S. The summed E-state index contributed by atoms with van der Waals surface area (Å²) in [5.41, 5.74) is 2.31. The molecule has 6 heteroatoms. The van der Waals surface area contributed by atoms with Crippen molar-refractivity contribution in [2.45, 2.75) is 46.0 Å². The van der Waals surface area contributed by atoms with Gasteiger partial charge in [0.15, 0.2) is 11.6 Å². The minimum Gasteiger partial charge on any atom is -0.426 e. The van der Waals surface area contributed by atoms with E-state index in [4.69, 9.17) is 4.74 Å². The predicted octanol–water partition coefficient (Wildman–Crippen LogP) is 6.58. The molecule has 176 valence electrons. The van der Waals surface area contributed by atoms with E-state index in [0.29, 0.717) is 18.0 Å². The predicted molar refractivity (Wildman–Crippen MR) is 137 cm³/mol. The number of para-hydroxylation sites is 2. The van der Waals surface area contributed by atoms with Crippen LogP contribution in [0.3, 0.4) is 0 Å². The van der Waals surface area contributed by atoms with Crippen molar-refractivity contribution < 1.29 is 14.3 Å². The lowest BCUT2D eigenvalue weighted by molar-refractivity contribution is -0.143. The second-order valence-electron chi connectivity index (χ2n) is 9.65. The Balaban J connectivity index is 1.49. The van der Waals surface area contributed by atoms with E-state index in [1.54, 1.807) is 17.4 Å². The Bertz CT molecular complexity index is 1300. The van der Waals surface area contributed by atoms with Crippen molar-refractivity contribution in [1.29, 1.82) is 0 Å². The number of rotatable bonds is 8. The molecule has 0 radical (unpaired) electrons. The molecular weight excluding hydrogens is 444 g/mol. The van der Waals surface area contributed by atoms with Crippen LogP contribution in [-0.4, -0.2) is 21.3 Å². The maximum atomic E-state index is 13.3. The molecule has 0 aliphatic heterocycles. The Morgan fingerprint density at radius 3 is 2.56 bits per heavy atom. The van der Waals surface area contributed by atoms with Crippen LogP contribution in [0.15, 0.2) is 66.0 Å². The van der Waals surface area contributed by atoms with Crippen LogP contribution in [0.1, 0.15) is 60.6 Å². The number of fused-ring (bicyclic) bond motifs is 1. The quantitative estimate of drug-likeness (QED) is 0.164. The van der Waals surface area contributed by atoms with Gasteiger partial charge in [-0.15, -0.1) is 11.3 Å². The molecule has 2 heterocycles. The van der Waals surface area contributed by atoms with Gasteiger partial charge in [-0.3, -0.25) is 9.59 Å². The standard InChI is InChI=1S/C28H30N2O3S/c1-28(2,3)27(32)33-21-10-7-9-19(17-21)14-15-20(25-13-8-16-34-25)18-24(31)26-29-22-11-5-6-12-23(22)30(26)4/h5-13,16-17,20H,14-15,18H2,1-4H3/t20-/m1/s1. The van der Waals surface area contributed by atoms with E-state index in [1.165, 1.54) is 4.88 Å². The van der Waals surface area contributed by atoms with Gasteiger partial charge in [-0.2, -0.15) is 0 Å². The molecule has 0 aliphatic rings. The van der Waals surface area contributed by atoms with Gasteiger partial charge >= 0.3 is 5.97 Å². The van der Waals surface area contributed by atoms with Gasteiger partial charge in [-0.05, 0) is 74.9 Å². The first kappa shape index (κ1) is 23.9. The van der Waals surface area contributed by atoms with Crippen molar-refractivity contribution in [1.82, 2.24) is 9.55 Å². The Labute approximate surface area is 204 Å². The van der Waals surface area contributed by atoms with E-state index in [9.17, 15) is 9.59 Å². The first-order chi connectivity index (χ1) is 16.2. The summed E-state index contributed by atoms with van der Waals surface area (Å²) in [4.78, 5) is 31.3. The minimum absolute atomic E-state index is 0.0463. The van der Waals surface area contributed by atoms with Crippen LogP contribution < -0.4 is 4.74 Å². The number of carbonyl (C=O) groups is 2. The normalized spacial score (nSPS) is 12.6. The second kappa shape index (κ2) is 9.94. The third-order valence-corrected chi connectivity index (χ3v) is 6.95. The van der Waals surface area contributed by atoms with Gasteiger partial charge in [0.25, 0.3) is 0 Å². The molecule has 0 fully saturated rings. The minimum atomic E-state index is -0.559. The molecule has 0 amide bonds. The van der Waals surface area contributed by atoms with Crippen LogP contribution in [0.2, 0.25) is 0 Å². The molecule has 0 bridgehead atoms. The number of aryl methyl sites for hydroxylation is 2. The first-order valence-electron chi connectivity index (χ1n) is 11.5. The molecule has 0 saturated heterocycles. The lowest BCUT2D eigenvalue weighted by Crippen LogP contribution is -2.25. The summed E-state index contributed by atoms with van der Waals surface area (Å²) in [5.74, 6) is 0.937. The molecule has 0 aliphatic carbocycles. The highest BCUT2D eigenvalue weighted by Crippen LogP contribution is 2.31. The smallest absolute Gasteiger partial charge is 0.316 e. The molecule has 2 aromatic heterocycles. The summed E-state index contributed by atoms with van der Waals surface area (Å²) in [6.45, 7) is 5.52. The van der Waals surface area contributed by atoms with Gasteiger partial charge in [0.05, 0.1) is 16.4 Å². The highest BCUT2D eigenvalue weighted by atomic mass is 32.1. The van der Waals surface area contributed by atoms with Crippen molar-refractivity contribution >= 4 is 34.1 Å². The molecule has 4 rings (SSSR count). The van der Waals surface area contributed by atoms with Gasteiger partial charge in [-0.25, -0.2) is 4.98 Å². The van der Waals surface area contributed by atoms with Crippen LogP contribution in [0.5, 0.6) is 5.75 Å². The first-order valence-corrected chi connectivity index (χ1v) is 12.4. The summed E-state index contributed by atoms with van der Waals surface area (Å²) in [7, 11) is 1.90. The molecule has 34 heavy (non-hydrogen) atoms. The summed E-state index contributed by atoms with van der Waals surface area (Å²) in [6, 6.07) is 19.6. The highest BCUT2D eigenvalue weighted by molar-refractivity contribution is 7.10. The Kier molecular flexibility index (Phi) is 6.98. The zero-order valence-corrected chi connectivity index (χ0v) is 20.9. The van der Waals surface area contributed by atoms with Crippen LogP contribution >= 0.6 is 11.3 Å². The number of ketones is 1. The maximum absolute atomic E-state index is 13.3. The topological polar surface area (TPSA) is 61.2 Å². The Morgan fingerprint density at radius 2 is 1.85 bits per heavy atom. The zero-order chi connectivity index (χ0) is 24.3. The third-order valence-electron chi connectivity index (χ3n) is 5.92. The number of nitrogens with zero attached hydrogens (tertiary/aromatic N) is 2. The number of imidazole rings is 1. The SMILES string of the molecule is Cn1c(C(=O)C[C@@H](CCc2cccc(OC(=O)C(C)(C)C)c2)c2cccs2)nc2ccccc21. The summed E-state index contributed by atoms with van der Waals surface area (Å²) in [6.07, 6.45) is 1.99. The van der Waals surface area contributed by atoms with Crippen molar-refractivity contribution in [2.24, 2.45) is 12.5 Å². The largest absolute Gasteiger partial charge is 0.426 e. The van der Waals surface area contributed by atoms with Gasteiger partial charge in [0, 0.05) is 24.3 Å². The van der Waals surface area contributed by atoms with Gasteiger partial charge in [-0.1, -0.05) is 30.3 Å². The third kappa shape index (κ3) is 5.45. The number of hydrogen-bond acceptors (Lipinski definition) is 5. The summed E-state index contributed by atoms with van der Waals surface area (Å²) < 4.78 is 7.45. The van der Waals surface area contributed by atoms with E-state index < -0.39 is 5.41 Å². The van der Waals surface area contributed by atoms with Crippen LogP contribution in [-0.2, 0) is 18.3 Å². The molecule has 4 aromatic rings.